The molecule has 2 atom stereocenters. The molecule has 2 aromatic heterocycles. The van der Waals surface area contributed by atoms with Crippen LogP contribution in [0.1, 0.15) is 49.4 Å². The van der Waals surface area contributed by atoms with Crippen molar-refractivity contribution in [2.75, 3.05) is 5.32 Å². The Morgan fingerprint density at radius 2 is 1.76 bits per heavy atom. The third-order valence-corrected chi connectivity index (χ3v) is 10.4. The molecule has 1 fully saturated rings. The van der Waals surface area contributed by atoms with Crippen molar-refractivity contribution in [2.24, 2.45) is 0 Å². The molecule has 1 aliphatic carbocycles. The average molecular weight is 636 g/mol. The number of carbonyl (C=O) groups is 1. The Kier molecular flexibility index (Phi) is 8.64. The van der Waals surface area contributed by atoms with Crippen LogP contribution in [0.5, 0.6) is 0 Å². The average Bonchev–Trinajstić information content (AvgIpc) is 3.36. The van der Waals surface area contributed by atoms with Gasteiger partial charge in [-0.3, -0.25) is 0 Å². The Hall–Kier alpha value is -4.96. The molecule has 2 N–H and O–H groups in total. The number of nitrogens with zero attached hydrogens (tertiary/aromatic N) is 3. The van der Waals surface area contributed by atoms with E-state index in [0.717, 1.165) is 30.2 Å². The highest BCUT2D eigenvalue weighted by Gasteiger charge is 2.35. The van der Waals surface area contributed by atoms with Crippen LogP contribution >= 0.6 is 0 Å². The Morgan fingerprint density at radius 3 is 2.50 bits per heavy atom. The van der Waals surface area contributed by atoms with E-state index >= 15 is 0 Å². The fraction of sp³-hybridized carbons (Fsp3) is 0.250. The number of carbonyl (C=O) groups excluding carboxylic acids is 1. The van der Waals surface area contributed by atoms with Crippen LogP contribution in [0.3, 0.4) is 0 Å². The van der Waals surface area contributed by atoms with Gasteiger partial charge in [-0.1, -0.05) is 79.4 Å². The summed E-state index contributed by atoms with van der Waals surface area (Å²) in [7, 11) is -3.89. The third-order valence-electron chi connectivity index (χ3n) is 8.54. The van der Waals surface area contributed by atoms with Crippen LogP contribution in [0.2, 0.25) is 0 Å². The molecule has 0 unspecified atom stereocenters. The molecule has 0 aliphatic heterocycles. The van der Waals surface area contributed by atoms with Crippen LogP contribution in [0, 0.1) is 6.92 Å². The van der Waals surface area contributed by atoms with Gasteiger partial charge in [0.15, 0.2) is 0 Å². The number of rotatable bonds is 9. The number of nitrogens with one attached hydrogen (secondary N) is 2. The number of para-hydroxylation sites is 1. The lowest BCUT2D eigenvalue weighted by Crippen LogP contribution is -2.51. The molecule has 10 heteroatoms. The molecule has 3 aromatic carbocycles. The Balaban J connectivity index is 1.27. The second kappa shape index (κ2) is 12.8. The molecule has 1 saturated carbocycles. The maximum atomic E-state index is 13.9. The number of ether oxygens (including phenoxy) is 1. The summed E-state index contributed by atoms with van der Waals surface area (Å²) in [6, 6.07) is 25.4. The fourth-order valence-corrected chi connectivity index (χ4v) is 7.95. The van der Waals surface area contributed by atoms with Gasteiger partial charge in [0.05, 0.1) is 16.1 Å². The molecule has 0 bridgehead atoms. The molecule has 236 valence electrons. The van der Waals surface area contributed by atoms with Crippen molar-refractivity contribution in [2.45, 2.75) is 62.6 Å². The smallest absolute Gasteiger partial charge is 0.407 e. The number of amides is 1. The van der Waals surface area contributed by atoms with E-state index in [9.17, 15) is 13.2 Å². The highest BCUT2D eigenvalue weighted by atomic mass is 32.2. The lowest BCUT2D eigenvalue weighted by Gasteiger charge is -2.38. The first kappa shape index (κ1) is 31.0. The molecular weight excluding hydrogens is 598 g/mol. The van der Waals surface area contributed by atoms with E-state index in [1.54, 1.807) is 55.6 Å². The molecule has 0 spiro atoms. The Bertz CT molecular complexity index is 1990. The summed E-state index contributed by atoms with van der Waals surface area (Å²) in [6.45, 7) is 8.02. The molecule has 0 saturated heterocycles. The summed E-state index contributed by atoms with van der Waals surface area (Å²) in [5.41, 5.74) is 3.54. The maximum absolute atomic E-state index is 13.9. The van der Waals surface area contributed by atoms with Gasteiger partial charge in [-0.2, -0.15) is 0 Å². The zero-order valence-corrected chi connectivity index (χ0v) is 26.8. The molecule has 0 radical (unpaired) electrons. The zero-order valence-electron chi connectivity index (χ0n) is 25.9. The topological polar surface area (TPSA) is 115 Å². The molecule has 5 aromatic rings. The number of alkyl carbamates (subject to hydrolysis) is 1. The second-order valence-electron chi connectivity index (χ2n) is 11.9. The van der Waals surface area contributed by atoms with Crippen LogP contribution < -0.4 is 10.6 Å². The summed E-state index contributed by atoms with van der Waals surface area (Å²) in [5.74, 6) is 0.420. The van der Waals surface area contributed by atoms with Crippen molar-refractivity contribution in [3.63, 3.8) is 0 Å². The van der Waals surface area contributed by atoms with Crippen molar-refractivity contribution >= 4 is 39.0 Å². The van der Waals surface area contributed by atoms with Crippen molar-refractivity contribution in [3.05, 3.63) is 115 Å². The van der Waals surface area contributed by atoms with Gasteiger partial charge in [-0.15, -0.1) is 0 Å². The Labute approximate surface area is 269 Å². The van der Waals surface area contributed by atoms with Crippen LogP contribution in [-0.4, -0.2) is 40.0 Å². The van der Waals surface area contributed by atoms with Gasteiger partial charge >= 0.3 is 6.09 Å². The second-order valence-corrected chi connectivity index (χ2v) is 13.7. The van der Waals surface area contributed by atoms with E-state index in [1.165, 1.54) is 3.97 Å². The number of hydrogen-bond donors (Lipinski definition) is 2. The number of benzene rings is 3. The van der Waals surface area contributed by atoms with Gasteiger partial charge < -0.3 is 15.4 Å². The summed E-state index contributed by atoms with van der Waals surface area (Å²) >= 11 is 0. The highest BCUT2D eigenvalue weighted by Crippen LogP contribution is 2.38. The SMILES string of the molecule is C=Cc1cnc(N[C@@H]2CCC[C@](C)(NC(=O)OCc3ccccc3)C2)nc1-c1c(C)n(S(=O)(=O)c2ccccc2)c2ccccc12. The molecule has 1 amide bonds. The number of aromatic nitrogens is 3. The predicted octanol–water partition coefficient (Wildman–Crippen LogP) is 7.33. The van der Waals surface area contributed by atoms with Gasteiger partial charge in [0.25, 0.3) is 10.0 Å². The van der Waals surface area contributed by atoms with Gasteiger partial charge in [-0.25, -0.2) is 27.2 Å². The number of anilines is 1. The van der Waals surface area contributed by atoms with Crippen molar-refractivity contribution in [3.8, 4) is 11.3 Å². The minimum atomic E-state index is -3.89. The summed E-state index contributed by atoms with van der Waals surface area (Å²) in [5, 5.41) is 7.33. The van der Waals surface area contributed by atoms with Crippen LogP contribution in [-0.2, 0) is 21.4 Å². The first-order chi connectivity index (χ1) is 22.2. The summed E-state index contributed by atoms with van der Waals surface area (Å²) in [4.78, 5) is 22.4. The molecule has 1 aliphatic rings. The Morgan fingerprint density at radius 1 is 1.07 bits per heavy atom. The van der Waals surface area contributed by atoms with Crippen LogP contribution in [0.15, 0.2) is 103 Å². The van der Waals surface area contributed by atoms with Gasteiger partial charge in [0, 0.05) is 40.0 Å². The third kappa shape index (κ3) is 6.25. The zero-order chi connectivity index (χ0) is 32.3. The van der Waals surface area contributed by atoms with Crippen LogP contribution in [0.4, 0.5) is 10.7 Å². The largest absolute Gasteiger partial charge is 0.445 e. The number of fused-ring (bicyclic) bond motifs is 1. The van der Waals surface area contributed by atoms with Crippen molar-refractivity contribution < 1.29 is 17.9 Å². The lowest BCUT2D eigenvalue weighted by atomic mass is 9.80. The van der Waals surface area contributed by atoms with E-state index in [2.05, 4.69) is 22.2 Å². The minimum absolute atomic E-state index is 0.00324. The molecule has 2 heterocycles. The van der Waals surface area contributed by atoms with E-state index < -0.39 is 21.7 Å². The van der Waals surface area contributed by atoms with E-state index in [1.807, 2.05) is 55.5 Å². The van der Waals surface area contributed by atoms with E-state index in [-0.39, 0.29) is 17.5 Å². The van der Waals surface area contributed by atoms with E-state index in [0.29, 0.717) is 40.4 Å². The summed E-state index contributed by atoms with van der Waals surface area (Å²) < 4.78 is 34.7. The van der Waals surface area contributed by atoms with Crippen molar-refractivity contribution in [1.29, 1.82) is 0 Å². The van der Waals surface area contributed by atoms with Crippen molar-refractivity contribution in [1.82, 2.24) is 19.3 Å². The molecule has 46 heavy (non-hydrogen) atoms. The van der Waals surface area contributed by atoms with Crippen LogP contribution in [0.25, 0.3) is 28.2 Å². The van der Waals surface area contributed by atoms with E-state index in [4.69, 9.17) is 9.72 Å². The molecular formula is C36H37N5O4S. The molecule has 6 rings (SSSR count). The molecule has 9 nitrogen and oxygen atoms in total. The lowest BCUT2D eigenvalue weighted by molar-refractivity contribution is 0.120. The minimum Gasteiger partial charge on any atom is -0.445 e. The van der Waals surface area contributed by atoms with Gasteiger partial charge in [0.1, 0.15) is 6.61 Å². The summed E-state index contributed by atoms with van der Waals surface area (Å²) in [6.07, 6.45) is 6.19. The highest BCUT2D eigenvalue weighted by molar-refractivity contribution is 7.90. The van der Waals surface area contributed by atoms with Gasteiger partial charge in [-0.05, 0) is 63.3 Å². The maximum Gasteiger partial charge on any atom is 0.407 e. The normalized spacial score (nSPS) is 18.2. The fourth-order valence-electron chi connectivity index (χ4n) is 6.37. The first-order valence-electron chi connectivity index (χ1n) is 15.3. The standard InChI is InChI=1S/C36H37N5O4S/c1-4-27-23-37-34(38-28-16-13-21-36(3,22-28)40-35(42)45-24-26-14-7-5-8-15-26)39-33(27)32-25(2)41(31-20-12-11-19-30(31)32)46(43,44)29-17-9-6-10-18-29/h4-12,14-15,17-20,23,28H,1,13,16,21-22,24H2,2-3H3,(H,40,42)(H,37,38,39)/t28-,36+/m1/s1. The number of hydrogen-bond acceptors (Lipinski definition) is 7. The van der Waals surface area contributed by atoms with Gasteiger partial charge in [0.2, 0.25) is 5.95 Å². The predicted molar refractivity (Wildman–Crippen MR) is 181 cm³/mol. The quantitative estimate of drug-likeness (QED) is 0.174. The monoisotopic (exact) mass is 635 g/mol. The first-order valence-corrected chi connectivity index (χ1v) is 16.8.